The number of hydrogen-bond acceptors (Lipinski definition) is 6. The maximum atomic E-state index is 11.3. The summed E-state index contributed by atoms with van der Waals surface area (Å²) in [6.07, 6.45) is -1.16. The second-order valence-electron chi connectivity index (χ2n) is 4.89. The Bertz CT molecular complexity index is 289. The molecule has 0 heterocycles. The molecule has 0 saturated heterocycles. The van der Waals surface area contributed by atoms with Crippen molar-refractivity contribution in [1.82, 2.24) is 0 Å². The van der Waals surface area contributed by atoms with Gasteiger partial charge in [0.25, 0.3) is 5.09 Å². The van der Waals surface area contributed by atoms with Crippen LogP contribution in [0.1, 0.15) is 41.0 Å². The Labute approximate surface area is 106 Å². The predicted octanol–water partition coefficient (Wildman–Crippen LogP) is 2.56. The van der Waals surface area contributed by atoms with Crippen LogP contribution in [0.25, 0.3) is 0 Å². The molecule has 18 heavy (non-hydrogen) atoms. The van der Waals surface area contributed by atoms with Crippen molar-refractivity contribution in [2.45, 2.75) is 52.7 Å². The standard InChI is InChI=1S/C11H21NO6/c1-8(2)11(4,5)17-10(13)16-7-6-9(3)18-12(14)15/h8-9H,6-7H2,1-5H3/t9-/m0/s1. The van der Waals surface area contributed by atoms with Crippen molar-refractivity contribution in [3.8, 4) is 0 Å². The van der Waals surface area contributed by atoms with Gasteiger partial charge in [0.1, 0.15) is 11.7 Å². The Morgan fingerprint density at radius 2 is 1.89 bits per heavy atom. The van der Waals surface area contributed by atoms with E-state index < -0.39 is 22.9 Å². The van der Waals surface area contributed by atoms with Crippen molar-refractivity contribution in [2.24, 2.45) is 5.92 Å². The first kappa shape index (κ1) is 16.5. The summed E-state index contributed by atoms with van der Waals surface area (Å²) in [5.74, 6) is 0.154. The van der Waals surface area contributed by atoms with Gasteiger partial charge in [-0.3, -0.25) is 0 Å². The van der Waals surface area contributed by atoms with Crippen LogP contribution in [0.4, 0.5) is 4.79 Å². The first-order valence-electron chi connectivity index (χ1n) is 5.82. The molecule has 1 atom stereocenters. The molecule has 0 fully saturated rings. The van der Waals surface area contributed by atoms with Gasteiger partial charge in [-0.05, 0) is 26.7 Å². The molecule has 0 amide bonds. The third kappa shape index (κ3) is 6.93. The largest absolute Gasteiger partial charge is 0.508 e. The fourth-order valence-corrected chi connectivity index (χ4v) is 0.870. The van der Waals surface area contributed by atoms with Gasteiger partial charge in [0, 0.05) is 6.42 Å². The molecule has 0 spiro atoms. The lowest BCUT2D eigenvalue weighted by atomic mass is 9.95. The molecule has 0 aliphatic heterocycles. The Balaban J connectivity index is 3.88. The highest BCUT2D eigenvalue weighted by Gasteiger charge is 2.27. The van der Waals surface area contributed by atoms with Gasteiger partial charge < -0.3 is 14.3 Å². The number of hydrogen-bond donors (Lipinski definition) is 0. The molecule has 0 saturated carbocycles. The molecule has 0 radical (unpaired) electrons. The summed E-state index contributed by atoms with van der Waals surface area (Å²) in [7, 11) is 0. The average molecular weight is 263 g/mol. The zero-order valence-electron chi connectivity index (χ0n) is 11.5. The quantitative estimate of drug-likeness (QED) is 0.398. The molecule has 106 valence electrons. The van der Waals surface area contributed by atoms with Crippen molar-refractivity contribution in [3.63, 3.8) is 0 Å². The van der Waals surface area contributed by atoms with E-state index in [1.165, 1.54) is 6.92 Å². The van der Waals surface area contributed by atoms with E-state index in [4.69, 9.17) is 9.47 Å². The van der Waals surface area contributed by atoms with E-state index in [-0.39, 0.29) is 18.9 Å². The van der Waals surface area contributed by atoms with Gasteiger partial charge >= 0.3 is 6.16 Å². The monoisotopic (exact) mass is 263 g/mol. The fraction of sp³-hybridized carbons (Fsp3) is 0.909. The smallest absolute Gasteiger partial charge is 0.434 e. The minimum Gasteiger partial charge on any atom is -0.434 e. The van der Waals surface area contributed by atoms with Crippen molar-refractivity contribution < 1.29 is 24.2 Å². The molecule has 7 heteroatoms. The van der Waals surface area contributed by atoms with Crippen LogP contribution < -0.4 is 0 Å². The summed E-state index contributed by atoms with van der Waals surface area (Å²) in [6.45, 7) is 8.98. The van der Waals surface area contributed by atoms with Gasteiger partial charge in [0.15, 0.2) is 0 Å². The topological polar surface area (TPSA) is 87.9 Å². The van der Waals surface area contributed by atoms with E-state index in [1.807, 2.05) is 13.8 Å². The number of rotatable bonds is 7. The van der Waals surface area contributed by atoms with Gasteiger partial charge in [-0.15, -0.1) is 10.1 Å². The van der Waals surface area contributed by atoms with E-state index in [9.17, 15) is 14.9 Å². The highest BCUT2D eigenvalue weighted by Crippen LogP contribution is 2.20. The van der Waals surface area contributed by atoms with Crippen LogP contribution in [-0.2, 0) is 14.3 Å². The van der Waals surface area contributed by atoms with Crippen LogP contribution in [0.2, 0.25) is 0 Å². The summed E-state index contributed by atoms with van der Waals surface area (Å²) in [5, 5.41) is 9.15. The first-order valence-corrected chi connectivity index (χ1v) is 5.82. The number of carbonyl (C=O) groups excluding carboxylic acids is 1. The van der Waals surface area contributed by atoms with E-state index in [0.29, 0.717) is 0 Å². The van der Waals surface area contributed by atoms with Gasteiger partial charge in [0.05, 0.1) is 6.61 Å². The van der Waals surface area contributed by atoms with Gasteiger partial charge in [0.2, 0.25) is 0 Å². The minimum atomic E-state index is -0.870. The zero-order valence-corrected chi connectivity index (χ0v) is 11.5. The molecule has 0 unspecified atom stereocenters. The van der Waals surface area contributed by atoms with Crippen LogP contribution in [0.5, 0.6) is 0 Å². The molecular weight excluding hydrogens is 242 g/mol. The summed E-state index contributed by atoms with van der Waals surface area (Å²) in [6, 6.07) is 0. The molecule has 0 aromatic heterocycles. The summed E-state index contributed by atoms with van der Waals surface area (Å²) >= 11 is 0. The molecule has 7 nitrogen and oxygen atoms in total. The lowest BCUT2D eigenvalue weighted by Gasteiger charge is -2.28. The fourth-order valence-electron chi connectivity index (χ4n) is 0.870. The molecule has 0 bridgehead atoms. The number of nitrogens with zero attached hydrogens (tertiary/aromatic N) is 1. The average Bonchev–Trinajstić information content (AvgIpc) is 2.14. The van der Waals surface area contributed by atoms with E-state index in [2.05, 4.69) is 4.84 Å². The predicted molar refractivity (Wildman–Crippen MR) is 63.5 cm³/mol. The summed E-state index contributed by atoms with van der Waals surface area (Å²) in [4.78, 5) is 25.6. The molecular formula is C11H21NO6. The molecule has 0 N–H and O–H groups in total. The SMILES string of the molecule is CC(C)C(C)(C)OC(=O)OCC[C@H](C)O[N+](=O)[O-]. The third-order valence-corrected chi connectivity index (χ3v) is 2.75. The van der Waals surface area contributed by atoms with Crippen LogP contribution in [0.3, 0.4) is 0 Å². The Hall–Kier alpha value is -1.53. The molecule has 0 aromatic rings. The third-order valence-electron chi connectivity index (χ3n) is 2.75. The normalized spacial score (nSPS) is 13.0. The zero-order chi connectivity index (χ0) is 14.3. The molecule has 0 aliphatic rings. The van der Waals surface area contributed by atoms with Crippen molar-refractivity contribution in [1.29, 1.82) is 0 Å². The lowest BCUT2D eigenvalue weighted by molar-refractivity contribution is -0.767. The van der Waals surface area contributed by atoms with E-state index >= 15 is 0 Å². The van der Waals surface area contributed by atoms with Gasteiger partial charge in [-0.1, -0.05) is 13.8 Å². The molecule has 0 rings (SSSR count). The van der Waals surface area contributed by atoms with Crippen LogP contribution >= 0.6 is 0 Å². The highest BCUT2D eigenvalue weighted by molar-refractivity contribution is 5.60. The van der Waals surface area contributed by atoms with Crippen LogP contribution in [-0.4, -0.2) is 29.6 Å². The molecule has 0 aromatic carbocycles. The second-order valence-corrected chi connectivity index (χ2v) is 4.89. The van der Waals surface area contributed by atoms with Crippen molar-refractivity contribution in [2.75, 3.05) is 6.61 Å². The Kier molecular flexibility index (Phi) is 6.43. The second kappa shape index (κ2) is 7.03. The van der Waals surface area contributed by atoms with Crippen LogP contribution in [0.15, 0.2) is 0 Å². The minimum absolute atomic E-state index is 0.0159. The Morgan fingerprint density at radius 1 is 1.33 bits per heavy atom. The Morgan fingerprint density at radius 3 is 2.33 bits per heavy atom. The van der Waals surface area contributed by atoms with E-state index in [0.717, 1.165) is 0 Å². The van der Waals surface area contributed by atoms with Gasteiger partial charge in [-0.2, -0.15) is 0 Å². The van der Waals surface area contributed by atoms with E-state index in [1.54, 1.807) is 13.8 Å². The number of carbonyl (C=O) groups is 1. The van der Waals surface area contributed by atoms with Gasteiger partial charge in [-0.25, -0.2) is 4.79 Å². The number of ether oxygens (including phenoxy) is 2. The molecule has 0 aliphatic carbocycles. The maximum absolute atomic E-state index is 11.3. The lowest BCUT2D eigenvalue weighted by Crippen LogP contribution is -2.34. The van der Waals surface area contributed by atoms with Crippen LogP contribution in [0, 0.1) is 16.0 Å². The van der Waals surface area contributed by atoms with Crippen molar-refractivity contribution >= 4 is 6.16 Å². The summed E-state index contributed by atoms with van der Waals surface area (Å²) < 4.78 is 9.94. The maximum Gasteiger partial charge on any atom is 0.508 e. The first-order chi connectivity index (χ1) is 8.15. The van der Waals surface area contributed by atoms with Crippen molar-refractivity contribution in [3.05, 3.63) is 10.1 Å². The summed E-state index contributed by atoms with van der Waals surface area (Å²) in [5.41, 5.74) is -0.611. The highest BCUT2D eigenvalue weighted by atomic mass is 17.0.